The highest BCUT2D eigenvalue weighted by Gasteiger charge is 2.46. The van der Waals surface area contributed by atoms with Crippen molar-refractivity contribution in [2.45, 2.75) is 63.5 Å². The van der Waals surface area contributed by atoms with E-state index in [0.717, 1.165) is 0 Å². The van der Waals surface area contributed by atoms with Gasteiger partial charge in [-0.25, -0.2) is 13.1 Å². The second-order valence-electron chi connectivity index (χ2n) is 6.54. The van der Waals surface area contributed by atoms with Crippen molar-refractivity contribution < 1.29 is 26.0 Å². The van der Waals surface area contributed by atoms with E-state index < -0.39 is 42.5 Å². The van der Waals surface area contributed by atoms with Crippen LogP contribution in [0.2, 0.25) is 18.1 Å². The van der Waals surface area contributed by atoms with E-state index in [4.69, 9.17) is 10.2 Å². The molecule has 128 valence electrons. The van der Waals surface area contributed by atoms with Gasteiger partial charge in [-0.1, -0.05) is 20.8 Å². The number of nitrogens with one attached hydrogen (secondary N) is 1. The fourth-order valence-electron chi connectivity index (χ4n) is 1.18. The highest BCUT2D eigenvalue weighted by atomic mass is 32.2. The first-order valence-corrected chi connectivity index (χ1v) is 10.9. The fraction of sp³-hybridized carbons (Fsp3) is 1.00. The van der Waals surface area contributed by atoms with E-state index in [9.17, 15) is 21.6 Å². The predicted octanol–water partition coefficient (Wildman–Crippen LogP) is 2.16. The van der Waals surface area contributed by atoms with Crippen molar-refractivity contribution in [3.63, 3.8) is 0 Å². The molecule has 2 atom stereocenters. The summed E-state index contributed by atoms with van der Waals surface area (Å²) in [7, 11) is -7.49. The Balaban J connectivity index is 4.67. The first-order valence-electron chi connectivity index (χ1n) is 6.50. The van der Waals surface area contributed by atoms with Gasteiger partial charge in [0.1, 0.15) is 0 Å². The zero-order chi connectivity index (χ0) is 17.3. The fourth-order valence-corrected chi connectivity index (χ4v) is 3.22. The maximum absolute atomic E-state index is 12.2. The van der Waals surface area contributed by atoms with Crippen LogP contribution in [0.15, 0.2) is 0 Å². The molecule has 0 aliphatic heterocycles. The monoisotopic (exact) mass is 350 g/mol. The summed E-state index contributed by atoms with van der Waals surface area (Å²) in [5.74, 6) is 0. The zero-order valence-electron chi connectivity index (χ0n) is 13.2. The molecule has 10 heteroatoms. The first kappa shape index (κ1) is 20.8. The van der Waals surface area contributed by atoms with Gasteiger partial charge in [0.25, 0.3) is 0 Å². The smallest absolute Gasteiger partial charge is 0.413 e. The van der Waals surface area contributed by atoms with Crippen LogP contribution in [0.4, 0.5) is 13.2 Å². The second-order valence-corrected chi connectivity index (χ2v) is 13.1. The summed E-state index contributed by atoms with van der Waals surface area (Å²) >= 11 is 0. The summed E-state index contributed by atoms with van der Waals surface area (Å²) in [6.45, 7) is 11.1. The molecule has 3 N–H and O–H groups in total. The van der Waals surface area contributed by atoms with Crippen LogP contribution in [0.25, 0.3) is 0 Å². The summed E-state index contributed by atoms with van der Waals surface area (Å²) in [6.07, 6.45) is -0.554. The topological polar surface area (TPSA) is 81.4 Å². The molecule has 0 aromatic heterocycles. The van der Waals surface area contributed by atoms with E-state index in [2.05, 4.69) is 0 Å². The molecule has 0 radical (unpaired) electrons. The zero-order valence-corrected chi connectivity index (χ0v) is 15.0. The van der Waals surface area contributed by atoms with Crippen LogP contribution in [0.5, 0.6) is 0 Å². The molecule has 0 aromatic carbocycles. The number of hydrogen-bond donors (Lipinski definition) is 2. The highest BCUT2D eigenvalue weighted by molar-refractivity contribution is 7.90. The van der Waals surface area contributed by atoms with E-state index in [1.807, 2.05) is 33.9 Å². The van der Waals surface area contributed by atoms with Crippen LogP contribution in [0.1, 0.15) is 27.7 Å². The van der Waals surface area contributed by atoms with E-state index in [1.54, 1.807) is 6.92 Å². The van der Waals surface area contributed by atoms with E-state index >= 15 is 0 Å². The minimum Gasteiger partial charge on any atom is -0.413 e. The maximum Gasteiger partial charge on any atom is 0.511 e. The van der Waals surface area contributed by atoms with Gasteiger partial charge in [-0.05, 0) is 25.1 Å². The van der Waals surface area contributed by atoms with Crippen molar-refractivity contribution in [2.24, 2.45) is 5.73 Å². The van der Waals surface area contributed by atoms with Gasteiger partial charge in [-0.3, -0.25) is 0 Å². The molecule has 0 aliphatic carbocycles. The van der Waals surface area contributed by atoms with Gasteiger partial charge in [0.05, 0.1) is 6.10 Å². The first-order chi connectivity index (χ1) is 9.01. The van der Waals surface area contributed by atoms with Gasteiger partial charge in [0.2, 0.25) is 0 Å². The van der Waals surface area contributed by atoms with Crippen LogP contribution in [0, 0.1) is 0 Å². The number of alkyl halides is 3. The number of hydrogen-bond acceptors (Lipinski definition) is 4. The molecule has 0 rings (SSSR count). The lowest BCUT2D eigenvalue weighted by Crippen LogP contribution is -2.52. The Morgan fingerprint density at radius 3 is 2.00 bits per heavy atom. The van der Waals surface area contributed by atoms with Crippen LogP contribution >= 0.6 is 0 Å². The van der Waals surface area contributed by atoms with Crippen molar-refractivity contribution in [1.82, 2.24) is 4.72 Å². The molecule has 0 saturated heterocycles. The van der Waals surface area contributed by atoms with Crippen molar-refractivity contribution in [3.8, 4) is 0 Å². The third-order valence-corrected chi connectivity index (χ3v) is 9.43. The molecule has 0 bridgehead atoms. The predicted molar refractivity (Wildman–Crippen MR) is 78.7 cm³/mol. The van der Waals surface area contributed by atoms with Gasteiger partial charge in [-0.15, -0.1) is 0 Å². The molecule has 0 unspecified atom stereocenters. The third-order valence-electron chi connectivity index (χ3n) is 3.70. The normalized spacial score (nSPS) is 17.6. The number of halogens is 3. The Kier molecular flexibility index (Phi) is 6.48. The summed E-state index contributed by atoms with van der Waals surface area (Å²) in [5.41, 5.74) is 0.384. The van der Waals surface area contributed by atoms with Crippen LogP contribution in [-0.4, -0.2) is 40.9 Å². The summed E-state index contributed by atoms with van der Waals surface area (Å²) in [5, 5.41) is -0.0769. The molecular formula is C11H25F3N2O3SSi. The molecular weight excluding hydrogens is 325 g/mol. The van der Waals surface area contributed by atoms with E-state index in [0.29, 0.717) is 0 Å². The summed E-state index contributed by atoms with van der Waals surface area (Å²) in [6, 6.07) is -0.865. The lowest BCUT2D eigenvalue weighted by atomic mass is 10.2. The quantitative estimate of drug-likeness (QED) is 0.719. The van der Waals surface area contributed by atoms with Crippen molar-refractivity contribution in [1.29, 1.82) is 0 Å². The molecule has 0 saturated carbocycles. The number of nitrogens with two attached hydrogens (primary N) is 1. The average molecular weight is 350 g/mol. The van der Waals surface area contributed by atoms with Gasteiger partial charge in [0.15, 0.2) is 8.32 Å². The number of rotatable bonds is 6. The third kappa shape index (κ3) is 5.85. The van der Waals surface area contributed by atoms with Gasteiger partial charge in [-0.2, -0.15) is 13.2 Å². The Morgan fingerprint density at radius 1 is 1.24 bits per heavy atom. The molecule has 5 nitrogen and oxygen atoms in total. The van der Waals surface area contributed by atoms with E-state index in [-0.39, 0.29) is 5.04 Å². The van der Waals surface area contributed by atoms with E-state index in [1.165, 1.54) is 4.72 Å². The summed E-state index contributed by atoms with van der Waals surface area (Å²) in [4.78, 5) is 0. The van der Waals surface area contributed by atoms with Crippen LogP contribution in [-0.2, 0) is 14.4 Å². The lowest BCUT2D eigenvalue weighted by Gasteiger charge is -2.39. The Hall–Kier alpha value is -0.163. The second kappa shape index (κ2) is 6.53. The SMILES string of the molecule is C[C@@H](O[Si](C)(C)C(C)(C)C)[C@H](N)CNS(=O)(=O)C(F)(F)F. The van der Waals surface area contributed by atoms with Gasteiger partial charge < -0.3 is 10.2 Å². The standard InChI is InChI=1S/C11H25F3N2O3SSi/c1-8(19-21(5,6)10(2,3)4)9(15)7-16-20(17,18)11(12,13)14/h8-9,16H,7,15H2,1-6H3/t8-,9-/m1/s1. The van der Waals surface area contributed by atoms with Gasteiger partial charge in [0, 0.05) is 12.6 Å². The summed E-state index contributed by atoms with van der Waals surface area (Å²) < 4.78 is 65.8. The largest absolute Gasteiger partial charge is 0.511 e. The molecule has 0 aliphatic rings. The van der Waals surface area contributed by atoms with Crippen LogP contribution < -0.4 is 10.5 Å². The minimum absolute atomic E-state index is 0.0769. The van der Waals surface area contributed by atoms with Crippen molar-refractivity contribution in [3.05, 3.63) is 0 Å². The van der Waals surface area contributed by atoms with Crippen LogP contribution in [0.3, 0.4) is 0 Å². The van der Waals surface area contributed by atoms with Gasteiger partial charge >= 0.3 is 15.5 Å². The van der Waals surface area contributed by atoms with Crippen molar-refractivity contribution >= 4 is 18.3 Å². The molecule has 0 aromatic rings. The lowest BCUT2D eigenvalue weighted by molar-refractivity contribution is -0.0448. The highest BCUT2D eigenvalue weighted by Crippen LogP contribution is 2.37. The molecule has 0 fully saturated rings. The molecule has 0 heterocycles. The minimum atomic E-state index is -5.37. The van der Waals surface area contributed by atoms with Crippen molar-refractivity contribution in [2.75, 3.05) is 6.54 Å². The Labute approximate surface area is 125 Å². The Bertz CT molecular complexity index is 447. The average Bonchev–Trinajstić information content (AvgIpc) is 2.21. The Morgan fingerprint density at radius 2 is 1.67 bits per heavy atom. The molecule has 21 heavy (non-hydrogen) atoms. The maximum atomic E-state index is 12.2. The molecule has 0 amide bonds. The molecule has 0 spiro atoms. The number of sulfonamides is 1.